The van der Waals surface area contributed by atoms with Crippen molar-refractivity contribution in [2.45, 2.75) is 63.2 Å². The number of aliphatic carboxylic acids is 2. The molecule has 0 fully saturated rings. The number of hydrogen-bond acceptors (Lipinski definition) is 8. The summed E-state index contributed by atoms with van der Waals surface area (Å²) >= 11 is 0. The van der Waals surface area contributed by atoms with Crippen LogP contribution in [0.4, 0.5) is 0 Å². The average molecular weight is 489 g/mol. The van der Waals surface area contributed by atoms with Crippen LogP contribution >= 0.6 is 0 Å². The normalized spacial score (nSPS) is 13.9. The molecule has 16 heteroatoms. The highest BCUT2D eigenvalue weighted by Gasteiger charge is 2.29. The van der Waals surface area contributed by atoms with Crippen molar-refractivity contribution in [3.63, 3.8) is 0 Å². The maximum atomic E-state index is 12.6. The summed E-state index contributed by atoms with van der Waals surface area (Å²) < 4.78 is 0. The van der Waals surface area contributed by atoms with Gasteiger partial charge in [-0.25, -0.2) is 4.79 Å². The third-order valence-electron chi connectivity index (χ3n) is 4.35. The summed E-state index contributed by atoms with van der Waals surface area (Å²) in [6, 6.07) is -5.28. The Balaban J connectivity index is 5.19. The topological polar surface area (TPSA) is 295 Å². The van der Waals surface area contributed by atoms with Crippen molar-refractivity contribution in [3.8, 4) is 0 Å². The van der Waals surface area contributed by atoms with Gasteiger partial charge in [-0.2, -0.15) is 0 Å². The molecule has 0 spiro atoms. The molecule has 0 heterocycles. The number of nitrogens with two attached hydrogens (primary N) is 4. The molecule has 4 amide bonds. The molecule has 0 aromatic carbocycles. The molecule has 0 radical (unpaired) electrons. The number of carboxylic acid groups (broad SMARTS) is 2. The van der Waals surface area contributed by atoms with Crippen LogP contribution in [0, 0.1) is 0 Å². The van der Waals surface area contributed by atoms with Gasteiger partial charge in [0, 0.05) is 13.0 Å². The van der Waals surface area contributed by atoms with Gasteiger partial charge in [0.25, 0.3) is 0 Å². The van der Waals surface area contributed by atoms with Crippen molar-refractivity contribution in [2.24, 2.45) is 27.9 Å². The molecule has 0 aromatic heterocycles. The number of nitrogens with one attached hydrogen (secondary N) is 3. The zero-order valence-corrected chi connectivity index (χ0v) is 18.7. The van der Waals surface area contributed by atoms with Crippen molar-refractivity contribution < 1.29 is 39.0 Å². The molecule has 0 rings (SSSR count). The van der Waals surface area contributed by atoms with Crippen LogP contribution in [0.2, 0.25) is 0 Å². The monoisotopic (exact) mass is 488 g/mol. The molecule has 0 bridgehead atoms. The van der Waals surface area contributed by atoms with Gasteiger partial charge in [0.05, 0.1) is 12.5 Å². The van der Waals surface area contributed by atoms with Gasteiger partial charge >= 0.3 is 11.9 Å². The SMILES string of the molecule is CC(NC(=O)C(N)CC(N)=O)C(=O)NC(CCC(=O)O)C(=O)NC(CCCN=C(N)N)C(=O)O. The summed E-state index contributed by atoms with van der Waals surface area (Å²) in [7, 11) is 0. The van der Waals surface area contributed by atoms with E-state index in [2.05, 4.69) is 20.9 Å². The highest BCUT2D eigenvalue weighted by atomic mass is 16.4. The van der Waals surface area contributed by atoms with Crippen LogP contribution in [-0.4, -0.2) is 82.5 Å². The number of nitrogens with zero attached hydrogens (tertiary/aromatic N) is 1. The van der Waals surface area contributed by atoms with E-state index >= 15 is 0 Å². The lowest BCUT2D eigenvalue weighted by Gasteiger charge is -2.23. The summed E-state index contributed by atoms with van der Waals surface area (Å²) in [5, 5.41) is 25.0. The van der Waals surface area contributed by atoms with Crippen molar-refractivity contribution in [3.05, 3.63) is 0 Å². The molecule has 0 aromatic rings. The average Bonchev–Trinajstić information content (AvgIpc) is 2.71. The van der Waals surface area contributed by atoms with Crippen LogP contribution in [0.3, 0.4) is 0 Å². The zero-order chi connectivity index (χ0) is 26.4. The Hall–Kier alpha value is -3.95. The Morgan fingerprint density at radius 3 is 1.94 bits per heavy atom. The van der Waals surface area contributed by atoms with Crippen LogP contribution in [0.1, 0.15) is 39.0 Å². The Kier molecular flexibility index (Phi) is 13.2. The second-order valence-corrected chi connectivity index (χ2v) is 7.35. The highest BCUT2D eigenvalue weighted by Crippen LogP contribution is 2.04. The highest BCUT2D eigenvalue weighted by molar-refractivity contribution is 5.95. The first-order valence-electron chi connectivity index (χ1n) is 10.2. The number of carbonyl (C=O) groups excluding carboxylic acids is 4. The molecular weight excluding hydrogens is 456 g/mol. The van der Waals surface area contributed by atoms with E-state index in [1.807, 2.05) is 0 Å². The van der Waals surface area contributed by atoms with E-state index in [-0.39, 0.29) is 31.8 Å². The number of carbonyl (C=O) groups is 6. The lowest BCUT2D eigenvalue weighted by atomic mass is 10.1. The maximum absolute atomic E-state index is 12.6. The number of carboxylic acids is 2. The first-order chi connectivity index (χ1) is 15.7. The van der Waals surface area contributed by atoms with Crippen molar-refractivity contribution in [1.29, 1.82) is 0 Å². The minimum Gasteiger partial charge on any atom is -0.481 e. The fourth-order valence-electron chi connectivity index (χ4n) is 2.56. The van der Waals surface area contributed by atoms with E-state index in [1.165, 1.54) is 6.92 Å². The fourth-order valence-corrected chi connectivity index (χ4v) is 2.56. The lowest BCUT2D eigenvalue weighted by Crippen LogP contribution is -2.56. The van der Waals surface area contributed by atoms with Gasteiger partial charge in [-0.3, -0.25) is 29.0 Å². The van der Waals surface area contributed by atoms with Crippen molar-refractivity contribution in [1.82, 2.24) is 16.0 Å². The van der Waals surface area contributed by atoms with Crippen LogP contribution in [0.15, 0.2) is 4.99 Å². The second-order valence-electron chi connectivity index (χ2n) is 7.35. The summed E-state index contributed by atoms with van der Waals surface area (Å²) in [4.78, 5) is 74.0. The van der Waals surface area contributed by atoms with E-state index in [0.717, 1.165) is 0 Å². The molecule has 16 nitrogen and oxygen atoms in total. The van der Waals surface area contributed by atoms with E-state index in [0.29, 0.717) is 0 Å². The molecule has 0 aliphatic heterocycles. The van der Waals surface area contributed by atoms with Gasteiger partial charge < -0.3 is 49.1 Å². The van der Waals surface area contributed by atoms with Crippen molar-refractivity contribution >= 4 is 41.5 Å². The van der Waals surface area contributed by atoms with E-state index in [1.54, 1.807) is 0 Å². The number of rotatable bonds is 16. The van der Waals surface area contributed by atoms with Gasteiger partial charge in [0.15, 0.2) is 5.96 Å². The quantitative estimate of drug-likeness (QED) is 0.0568. The van der Waals surface area contributed by atoms with Gasteiger partial charge in [0.2, 0.25) is 23.6 Å². The zero-order valence-electron chi connectivity index (χ0n) is 18.7. The van der Waals surface area contributed by atoms with Crippen LogP contribution in [-0.2, 0) is 28.8 Å². The first kappa shape index (κ1) is 30.0. The van der Waals surface area contributed by atoms with Gasteiger partial charge in [-0.05, 0) is 26.2 Å². The molecule has 0 saturated heterocycles. The third-order valence-corrected chi connectivity index (χ3v) is 4.35. The number of hydrogen-bond donors (Lipinski definition) is 9. The summed E-state index contributed by atoms with van der Waals surface area (Å²) in [6.07, 6.45) is -1.14. The van der Waals surface area contributed by atoms with E-state index in [4.69, 9.17) is 28.0 Å². The Labute approximate surface area is 194 Å². The molecule has 4 atom stereocenters. The van der Waals surface area contributed by atoms with E-state index < -0.39 is 72.6 Å². The largest absolute Gasteiger partial charge is 0.481 e. The summed E-state index contributed by atoms with van der Waals surface area (Å²) in [5.41, 5.74) is 20.8. The first-order valence-corrected chi connectivity index (χ1v) is 10.2. The Bertz CT molecular complexity index is 799. The van der Waals surface area contributed by atoms with Gasteiger partial charge in [-0.1, -0.05) is 0 Å². The van der Waals surface area contributed by atoms with E-state index in [9.17, 15) is 33.9 Å². The number of amides is 4. The smallest absolute Gasteiger partial charge is 0.326 e. The number of guanidine groups is 1. The second kappa shape index (κ2) is 15.0. The van der Waals surface area contributed by atoms with Crippen LogP contribution in [0.25, 0.3) is 0 Å². The Morgan fingerprint density at radius 2 is 1.44 bits per heavy atom. The maximum Gasteiger partial charge on any atom is 0.326 e. The van der Waals surface area contributed by atoms with Crippen LogP contribution < -0.4 is 38.9 Å². The molecular formula is C18H32N8O8. The summed E-state index contributed by atoms with van der Waals surface area (Å²) in [5.74, 6) is -6.26. The van der Waals surface area contributed by atoms with Gasteiger partial charge in [0.1, 0.15) is 18.1 Å². The molecule has 34 heavy (non-hydrogen) atoms. The summed E-state index contributed by atoms with van der Waals surface area (Å²) in [6.45, 7) is 1.39. The van der Waals surface area contributed by atoms with Crippen molar-refractivity contribution in [2.75, 3.05) is 6.54 Å². The third kappa shape index (κ3) is 12.8. The fraction of sp³-hybridized carbons (Fsp3) is 0.611. The minimum absolute atomic E-state index is 0.0400. The molecule has 4 unspecified atom stereocenters. The minimum atomic E-state index is -1.41. The van der Waals surface area contributed by atoms with Crippen LogP contribution in [0.5, 0.6) is 0 Å². The molecule has 0 saturated carbocycles. The molecule has 192 valence electrons. The standard InChI is InChI=1S/C18H32N8O8/c1-8(24-15(31)9(19)7-12(20)27)14(30)25-10(4-5-13(28)29)16(32)26-11(17(33)34)3-2-6-23-18(21)22/h8-11H,2-7,19H2,1H3,(H2,20,27)(H,24,31)(H,25,30)(H,26,32)(H,28,29)(H,33,34)(H4,21,22,23). The number of aliphatic imine (C=N–C) groups is 1. The molecule has 0 aliphatic rings. The van der Waals surface area contributed by atoms with Gasteiger partial charge in [-0.15, -0.1) is 0 Å². The lowest BCUT2D eigenvalue weighted by molar-refractivity contribution is -0.143. The Morgan fingerprint density at radius 1 is 0.853 bits per heavy atom. The number of primary amides is 1. The molecule has 0 aliphatic carbocycles. The predicted molar refractivity (Wildman–Crippen MR) is 118 cm³/mol. The predicted octanol–water partition coefficient (Wildman–Crippen LogP) is -4.33. The molecule has 13 N–H and O–H groups in total.